The molecule has 0 radical (unpaired) electrons. The van der Waals surface area contributed by atoms with Crippen molar-refractivity contribution in [3.05, 3.63) is 90.5 Å². The van der Waals surface area contributed by atoms with Gasteiger partial charge in [-0.05, 0) is 60.5 Å². The first-order valence-corrected chi connectivity index (χ1v) is 9.54. The Balaban J connectivity index is 1.88. The van der Waals surface area contributed by atoms with Crippen LogP contribution in [0.4, 0.5) is 0 Å². The summed E-state index contributed by atoms with van der Waals surface area (Å²) in [5.41, 5.74) is 7.41. The molecular formula is C26H23NO2. The number of benzene rings is 3. The van der Waals surface area contributed by atoms with Gasteiger partial charge >= 0.3 is 0 Å². The SMILES string of the molecule is COc1ccc(-c2cc(-c3cccc(C)c3)nc(-c3cccc(OC)c3)c2)cc1. The molecule has 0 N–H and O–H groups in total. The number of ether oxygens (including phenoxy) is 2. The normalized spacial score (nSPS) is 10.6. The molecule has 3 heteroatoms. The molecule has 1 heterocycles. The highest BCUT2D eigenvalue weighted by Crippen LogP contribution is 2.32. The fourth-order valence-electron chi connectivity index (χ4n) is 3.36. The highest BCUT2D eigenvalue weighted by molar-refractivity contribution is 5.77. The molecule has 0 saturated heterocycles. The van der Waals surface area contributed by atoms with Crippen LogP contribution in [0.3, 0.4) is 0 Å². The van der Waals surface area contributed by atoms with Crippen LogP contribution in [0.2, 0.25) is 0 Å². The zero-order valence-corrected chi connectivity index (χ0v) is 16.8. The molecule has 0 aliphatic carbocycles. The van der Waals surface area contributed by atoms with Crippen molar-refractivity contribution < 1.29 is 9.47 Å². The van der Waals surface area contributed by atoms with E-state index >= 15 is 0 Å². The summed E-state index contributed by atoms with van der Waals surface area (Å²) >= 11 is 0. The molecule has 3 nitrogen and oxygen atoms in total. The first-order chi connectivity index (χ1) is 14.2. The second kappa shape index (κ2) is 8.19. The number of rotatable bonds is 5. The van der Waals surface area contributed by atoms with Gasteiger partial charge < -0.3 is 9.47 Å². The Morgan fingerprint density at radius 1 is 0.552 bits per heavy atom. The maximum atomic E-state index is 5.41. The number of nitrogens with zero attached hydrogens (tertiary/aromatic N) is 1. The first kappa shape index (κ1) is 18.8. The Labute approximate surface area is 171 Å². The molecule has 4 aromatic rings. The average molecular weight is 381 g/mol. The van der Waals surface area contributed by atoms with Crippen molar-refractivity contribution in [2.24, 2.45) is 0 Å². The van der Waals surface area contributed by atoms with Crippen LogP contribution >= 0.6 is 0 Å². The Bertz CT molecular complexity index is 1130. The third-order valence-corrected chi connectivity index (χ3v) is 4.93. The summed E-state index contributed by atoms with van der Waals surface area (Å²) in [7, 11) is 3.36. The smallest absolute Gasteiger partial charge is 0.119 e. The van der Waals surface area contributed by atoms with Crippen LogP contribution in [0.5, 0.6) is 11.5 Å². The first-order valence-electron chi connectivity index (χ1n) is 9.54. The van der Waals surface area contributed by atoms with Crippen molar-refractivity contribution >= 4 is 0 Å². The molecular weight excluding hydrogens is 358 g/mol. The van der Waals surface area contributed by atoms with E-state index in [0.717, 1.165) is 45.1 Å². The summed E-state index contributed by atoms with van der Waals surface area (Å²) in [5.74, 6) is 1.66. The van der Waals surface area contributed by atoms with Crippen LogP contribution in [-0.2, 0) is 0 Å². The lowest BCUT2D eigenvalue weighted by molar-refractivity contribution is 0.415. The molecule has 0 saturated carbocycles. The van der Waals surface area contributed by atoms with Gasteiger partial charge in [-0.3, -0.25) is 0 Å². The van der Waals surface area contributed by atoms with Gasteiger partial charge in [-0.1, -0.05) is 48.0 Å². The van der Waals surface area contributed by atoms with E-state index in [-0.39, 0.29) is 0 Å². The van der Waals surface area contributed by atoms with Gasteiger partial charge in [-0.15, -0.1) is 0 Å². The molecule has 0 aliphatic heterocycles. The van der Waals surface area contributed by atoms with E-state index in [1.165, 1.54) is 5.56 Å². The summed E-state index contributed by atoms with van der Waals surface area (Å²) in [6, 6.07) is 28.8. The van der Waals surface area contributed by atoms with E-state index < -0.39 is 0 Å². The Morgan fingerprint density at radius 3 is 1.79 bits per heavy atom. The number of pyridine rings is 1. The van der Waals surface area contributed by atoms with Crippen molar-refractivity contribution in [1.82, 2.24) is 4.98 Å². The number of aryl methyl sites for hydroxylation is 1. The van der Waals surface area contributed by atoms with Crippen LogP contribution < -0.4 is 9.47 Å². The van der Waals surface area contributed by atoms with E-state index in [9.17, 15) is 0 Å². The van der Waals surface area contributed by atoms with Crippen molar-refractivity contribution in [1.29, 1.82) is 0 Å². The summed E-state index contributed by atoms with van der Waals surface area (Å²) in [6.07, 6.45) is 0. The van der Waals surface area contributed by atoms with E-state index in [0.29, 0.717) is 0 Å². The monoisotopic (exact) mass is 381 g/mol. The molecule has 4 rings (SSSR count). The summed E-state index contributed by atoms with van der Waals surface area (Å²) < 4.78 is 10.7. The second-order valence-electron chi connectivity index (χ2n) is 6.96. The van der Waals surface area contributed by atoms with E-state index in [1.54, 1.807) is 14.2 Å². The van der Waals surface area contributed by atoms with Crippen molar-refractivity contribution in [3.8, 4) is 45.1 Å². The molecule has 29 heavy (non-hydrogen) atoms. The quantitative estimate of drug-likeness (QED) is 0.400. The third-order valence-electron chi connectivity index (χ3n) is 4.93. The van der Waals surface area contributed by atoms with Crippen molar-refractivity contribution in [2.45, 2.75) is 6.92 Å². The van der Waals surface area contributed by atoms with Crippen LogP contribution in [0, 0.1) is 6.92 Å². The molecule has 0 fully saturated rings. The lowest BCUT2D eigenvalue weighted by atomic mass is 9.99. The maximum absolute atomic E-state index is 5.41. The molecule has 1 aromatic heterocycles. The number of hydrogen-bond donors (Lipinski definition) is 0. The van der Waals surface area contributed by atoms with Crippen LogP contribution in [0.15, 0.2) is 84.9 Å². The van der Waals surface area contributed by atoms with Gasteiger partial charge in [0.1, 0.15) is 11.5 Å². The molecule has 144 valence electrons. The summed E-state index contributed by atoms with van der Waals surface area (Å²) in [4.78, 5) is 4.97. The predicted octanol–water partition coefficient (Wildman–Crippen LogP) is 6.41. The average Bonchev–Trinajstić information content (AvgIpc) is 2.79. The van der Waals surface area contributed by atoms with Crippen LogP contribution in [-0.4, -0.2) is 19.2 Å². The molecule has 3 aromatic carbocycles. The number of hydrogen-bond acceptors (Lipinski definition) is 3. The van der Waals surface area contributed by atoms with Gasteiger partial charge in [-0.25, -0.2) is 4.98 Å². The van der Waals surface area contributed by atoms with E-state index in [4.69, 9.17) is 14.5 Å². The molecule has 0 atom stereocenters. The van der Waals surface area contributed by atoms with Gasteiger partial charge in [0.05, 0.1) is 25.6 Å². The van der Waals surface area contributed by atoms with Crippen molar-refractivity contribution in [3.63, 3.8) is 0 Å². The highest BCUT2D eigenvalue weighted by Gasteiger charge is 2.10. The Morgan fingerprint density at radius 2 is 1.17 bits per heavy atom. The van der Waals surface area contributed by atoms with Crippen LogP contribution in [0.1, 0.15) is 5.56 Å². The minimum atomic E-state index is 0.816. The van der Waals surface area contributed by atoms with E-state index in [1.807, 2.05) is 30.3 Å². The Hall–Kier alpha value is -3.59. The molecule has 0 amide bonds. The van der Waals surface area contributed by atoms with Gasteiger partial charge in [0.2, 0.25) is 0 Å². The van der Waals surface area contributed by atoms with Gasteiger partial charge in [0.25, 0.3) is 0 Å². The second-order valence-corrected chi connectivity index (χ2v) is 6.96. The largest absolute Gasteiger partial charge is 0.497 e. The molecule has 0 unspecified atom stereocenters. The zero-order chi connectivity index (χ0) is 20.2. The van der Waals surface area contributed by atoms with Crippen molar-refractivity contribution in [2.75, 3.05) is 14.2 Å². The maximum Gasteiger partial charge on any atom is 0.119 e. The summed E-state index contributed by atoms with van der Waals surface area (Å²) in [5, 5.41) is 0. The van der Waals surface area contributed by atoms with Crippen LogP contribution in [0.25, 0.3) is 33.6 Å². The third kappa shape index (κ3) is 4.14. The predicted molar refractivity (Wildman–Crippen MR) is 118 cm³/mol. The lowest BCUT2D eigenvalue weighted by Gasteiger charge is -2.12. The fraction of sp³-hybridized carbons (Fsp3) is 0.115. The zero-order valence-electron chi connectivity index (χ0n) is 16.8. The molecule has 0 aliphatic rings. The van der Waals surface area contributed by atoms with Gasteiger partial charge in [-0.2, -0.15) is 0 Å². The standard InChI is InChI=1S/C26H23NO2/c1-18-6-4-7-20(14-18)25-16-22(19-10-12-23(28-2)13-11-19)17-26(27-25)21-8-5-9-24(15-21)29-3/h4-17H,1-3H3. The topological polar surface area (TPSA) is 31.4 Å². The number of aromatic nitrogens is 1. The van der Waals surface area contributed by atoms with E-state index in [2.05, 4.69) is 61.5 Å². The lowest BCUT2D eigenvalue weighted by Crippen LogP contribution is -1.92. The summed E-state index contributed by atoms with van der Waals surface area (Å²) in [6.45, 7) is 2.10. The van der Waals surface area contributed by atoms with Gasteiger partial charge in [0, 0.05) is 11.1 Å². The van der Waals surface area contributed by atoms with Gasteiger partial charge in [0.15, 0.2) is 0 Å². The molecule has 0 bridgehead atoms. The molecule has 0 spiro atoms. The Kier molecular flexibility index (Phi) is 5.30. The minimum Gasteiger partial charge on any atom is -0.497 e. The highest BCUT2D eigenvalue weighted by atomic mass is 16.5. The number of methoxy groups -OCH3 is 2. The fourth-order valence-corrected chi connectivity index (χ4v) is 3.36. The minimum absolute atomic E-state index is 0.816.